The number of nitrogens with zero attached hydrogens (tertiary/aromatic N) is 7. The van der Waals surface area contributed by atoms with Crippen LogP contribution >= 0.6 is 0 Å². The molecular formula is C34H32F3N7O3. The van der Waals surface area contributed by atoms with E-state index in [2.05, 4.69) is 27.5 Å². The molecule has 2 aromatic heterocycles. The van der Waals surface area contributed by atoms with Crippen LogP contribution in [0.15, 0.2) is 55.3 Å². The van der Waals surface area contributed by atoms with Gasteiger partial charge in [0.1, 0.15) is 11.9 Å². The lowest BCUT2D eigenvalue weighted by molar-refractivity contribution is -0.137. The van der Waals surface area contributed by atoms with E-state index in [1.807, 2.05) is 25.1 Å². The Morgan fingerprint density at radius 2 is 1.96 bits per heavy atom. The number of fused-ring (bicyclic) bond motifs is 3. The van der Waals surface area contributed by atoms with Crippen LogP contribution in [-0.2, 0) is 33.6 Å². The largest absolute Gasteiger partial charge is 0.416 e. The highest BCUT2D eigenvalue weighted by Gasteiger charge is 2.49. The van der Waals surface area contributed by atoms with Crippen LogP contribution in [0.4, 0.5) is 30.4 Å². The van der Waals surface area contributed by atoms with Gasteiger partial charge in [0.05, 0.1) is 47.7 Å². The molecule has 0 saturated carbocycles. The predicted molar refractivity (Wildman–Crippen MR) is 167 cm³/mol. The van der Waals surface area contributed by atoms with E-state index in [0.717, 1.165) is 39.4 Å². The smallest absolute Gasteiger partial charge is 0.365 e. The van der Waals surface area contributed by atoms with Gasteiger partial charge < -0.3 is 14.7 Å². The number of anilines is 3. The van der Waals surface area contributed by atoms with Crippen molar-refractivity contribution in [2.24, 2.45) is 5.92 Å². The van der Waals surface area contributed by atoms with E-state index in [4.69, 9.17) is 0 Å². The number of nitriles is 1. The Balaban J connectivity index is 1.41. The summed E-state index contributed by atoms with van der Waals surface area (Å²) < 4.78 is 41.3. The first-order valence-electron chi connectivity index (χ1n) is 15.1. The maximum absolute atomic E-state index is 14.1. The minimum Gasteiger partial charge on any atom is -0.365 e. The summed E-state index contributed by atoms with van der Waals surface area (Å²) in [6.45, 7) is 7.73. The molecule has 0 aliphatic carbocycles. The van der Waals surface area contributed by atoms with Gasteiger partial charge in [-0.1, -0.05) is 18.7 Å². The quantitative estimate of drug-likeness (QED) is 0.360. The Labute approximate surface area is 269 Å². The zero-order valence-electron chi connectivity index (χ0n) is 26.1. The normalized spacial score (nSPS) is 20.7. The number of pyridine rings is 2. The van der Waals surface area contributed by atoms with E-state index in [0.29, 0.717) is 17.9 Å². The Morgan fingerprint density at radius 1 is 1.19 bits per heavy atom. The van der Waals surface area contributed by atoms with Crippen molar-refractivity contribution < 1.29 is 27.6 Å². The monoisotopic (exact) mass is 643 g/mol. The molecule has 1 fully saturated rings. The van der Waals surface area contributed by atoms with Gasteiger partial charge in [-0.2, -0.15) is 18.4 Å². The first-order chi connectivity index (χ1) is 22.3. The first-order valence-corrected chi connectivity index (χ1v) is 15.1. The maximum Gasteiger partial charge on any atom is 0.416 e. The highest BCUT2D eigenvalue weighted by atomic mass is 19.4. The van der Waals surface area contributed by atoms with E-state index >= 15 is 0 Å². The second-order valence-electron chi connectivity index (χ2n) is 12.2. The molecule has 3 aromatic rings. The van der Waals surface area contributed by atoms with Gasteiger partial charge in [-0.05, 0) is 60.9 Å². The molecular weight excluding hydrogens is 611 g/mol. The molecule has 0 spiro atoms. The summed E-state index contributed by atoms with van der Waals surface area (Å²) in [7, 11) is 1.60. The number of hydrogen-bond donors (Lipinski definition) is 0. The molecule has 5 heterocycles. The number of aryl methyl sites for hydroxylation is 2. The SMILES string of the molecule is C=CC(=O)N1Cc2ncc(CN3C[C@H]4CC(=O)N(c5cc(C(F)(F)F)cc(C)n5)[C@@H]4C(=O)N(C)c4cccc(C)c43)cc2[C@@H]1CC#N. The third-order valence-electron chi connectivity index (χ3n) is 9.11. The van der Waals surface area contributed by atoms with Crippen LogP contribution in [0.5, 0.6) is 0 Å². The molecule has 1 saturated heterocycles. The summed E-state index contributed by atoms with van der Waals surface area (Å²) in [6.07, 6.45) is -1.71. The van der Waals surface area contributed by atoms with E-state index in [1.165, 1.54) is 17.9 Å². The number of para-hydroxylation sites is 1. The van der Waals surface area contributed by atoms with Gasteiger partial charge in [0.2, 0.25) is 17.7 Å². The molecule has 10 nitrogen and oxygen atoms in total. The van der Waals surface area contributed by atoms with Crippen LogP contribution < -0.4 is 14.7 Å². The van der Waals surface area contributed by atoms with Crippen LogP contribution in [-0.4, -0.2) is 52.2 Å². The fraction of sp³-hybridized carbons (Fsp3) is 0.353. The van der Waals surface area contributed by atoms with E-state index < -0.39 is 41.6 Å². The van der Waals surface area contributed by atoms with Crippen molar-refractivity contribution in [3.05, 3.63) is 88.9 Å². The average molecular weight is 644 g/mol. The number of carbonyl (C=O) groups excluding carboxylic acids is 3. The van der Waals surface area contributed by atoms with E-state index in [-0.39, 0.29) is 43.4 Å². The van der Waals surface area contributed by atoms with Crippen LogP contribution in [0.1, 0.15) is 52.5 Å². The zero-order valence-corrected chi connectivity index (χ0v) is 26.1. The summed E-state index contributed by atoms with van der Waals surface area (Å²) in [5.41, 5.74) is 3.63. The molecule has 3 aliphatic rings. The second kappa shape index (κ2) is 11.8. The molecule has 0 N–H and O–H groups in total. The highest BCUT2D eigenvalue weighted by molar-refractivity contribution is 6.10. The van der Waals surface area contributed by atoms with Crippen molar-refractivity contribution in [3.8, 4) is 6.07 Å². The summed E-state index contributed by atoms with van der Waals surface area (Å²) >= 11 is 0. The third-order valence-corrected chi connectivity index (χ3v) is 9.11. The number of amides is 3. The van der Waals surface area contributed by atoms with Gasteiger partial charge in [0.25, 0.3) is 0 Å². The Bertz CT molecular complexity index is 1850. The molecule has 242 valence electrons. The van der Waals surface area contributed by atoms with E-state index in [1.54, 1.807) is 24.2 Å². The molecule has 0 unspecified atom stereocenters. The summed E-state index contributed by atoms with van der Waals surface area (Å²) in [5, 5.41) is 9.51. The number of aromatic nitrogens is 2. The van der Waals surface area contributed by atoms with E-state index in [9.17, 15) is 32.8 Å². The molecule has 1 aromatic carbocycles. The third kappa shape index (κ3) is 5.58. The molecule has 0 radical (unpaired) electrons. The Morgan fingerprint density at radius 3 is 2.66 bits per heavy atom. The maximum atomic E-state index is 14.1. The standard InChI is InChI=1S/C34H32F3N7O3/c1-5-29(45)43-18-25-24(26(43)9-10-38)12-21(15-39-25)16-42-17-22-13-30(46)44(28-14-23(34(35,36)37)11-20(3)40-28)32(22)33(47)41(4)27-8-6-7-19(2)31(27)42/h5-8,11-12,14-15,22,26,32H,1,9,13,16-18H2,2-4H3/t22-,26+,32+/m1/s1. The Kier molecular flexibility index (Phi) is 7.99. The first kappa shape index (κ1) is 31.7. The lowest BCUT2D eigenvalue weighted by atomic mass is 9.94. The van der Waals surface area contributed by atoms with Gasteiger partial charge in [-0.3, -0.25) is 24.3 Å². The Hall–Kier alpha value is -5.25. The number of likely N-dealkylation sites (N-methyl/N-ethyl adjacent to an activating group) is 1. The number of halogens is 3. The topological polar surface area (TPSA) is 114 Å². The molecule has 47 heavy (non-hydrogen) atoms. The van der Waals surface area contributed by atoms with Crippen molar-refractivity contribution in [1.29, 1.82) is 5.26 Å². The van der Waals surface area contributed by atoms with Crippen molar-refractivity contribution >= 4 is 34.9 Å². The minimum atomic E-state index is -4.66. The van der Waals surface area contributed by atoms with Crippen LogP contribution in [0, 0.1) is 31.1 Å². The number of rotatable bonds is 5. The zero-order chi connectivity index (χ0) is 33.8. The number of alkyl halides is 3. The molecule has 13 heteroatoms. The predicted octanol–water partition coefficient (Wildman–Crippen LogP) is 5.00. The van der Waals surface area contributed by atoms with Crippen molar-refractivity contribution in [1.82, 2.24) is 14.9 Å². The average Bonchev–Trinajstić information content (AvgIpc) is 3.54. The molecule has 3 atom stereocenters. The molecule has 0 bridgehead atoms. The summed E-state index contributed by atoms with van der Waals surface area (Å²) in [6, 6.07) is 9.80. The number of benzene rings is 1. The van der Waals surface area contributed by atoms with Crippen LogP contribution in [0.3, 0.4) is 0 Å². The van der Waals surface area contributed by atoms with Crippen molar-refractivity contribution in [3.63, 3.8) is 0 Å². The van der Waals surface area contributed by atoms with Crippen LogP contribution in [0.2, 0.25) is 0 Å². The minimum absolute atomic E-state index is 0.0652. The number of hydrogen-bond acceptors (Lipinski definition) is 7. The fourth-order valence-electron chi connectivity index (χ4n) is 7.02. The lowest BCUT2D eigenvalue weighted by Crippen LogP contribution is -2.52. The van der Waals surface area contributed by atoms with Crippen molar-refractivity contribution in [2.45, 2.75) is 58.0 Å². The number of carbonyl (C=O) groups is 3. The van der Waals surface area contributed by atoms with Crippen LogP contribution in [0.25, 0.3) is 0 Å². The van der Waals surface area contributed by atoms with Gasteiger partial charge >= 0.3 is 6.18 Å². The lowest BCUT2D eigenvalue weighted by Gasteiger charge is -2.39. The van der Waals surface area contributed by atoms with Gasteiger partial charge in [0.15, 0.2) is 0 Å². The molecule has 3 amide bonds. The van der Waals surface area contributed by atoms with Gasteiger partial charge in [-0.15, -0.1) is 0 Å². The highest BCUT2D eigenvalue weighted by Crippen LogP contribution is 2.43. The van der Waals surface area contributed by atoms with Gasteiger partial charge in [0, 0.05) is 44.4 Å². The molecule has 6 rings (SSSR count). The van der Waals surface area contributed by atoms with Gasteiger partial charge in [-0.25, -0.2) is 4.98 Å². The summed E-state index contributed by atoms with van der Waals surface area (Å²) in [5.74, 6) is -1.98. The summed E-state index contributed by atoms with van der Waals surface area (Å²) in [4.78, 5) is 55.4. The van der Waals surface area contributed by atoms with Crippen molar-refractivity contribution in [2.75, 3.05) is 28.3 Å². The second-order valence-corrected chi connectivity index (χ2v) is 12.2. The molecule has 3 aliphatic heterocycles. The fourth-order valence-corrected chi connectivity index (χ4v) is 7.02.